The summed E-state index contributed by atoms with van der Waals surface area (Å²) < 4.78 is 11.7. The van der Waals surface area contributed by atoms with Crippen LogP contribution in [0.5, 0.6) is 17.2 Å². The van der Waals surface area contributed by atoms with Crippen molar-refractivity contribution in [1.82, 2.24) is 0 Å². The van der Waals surface area contributed by atoms with E-state index in [-0.39, 0.29) is 29.2 Å². The highest BCUT2D eigenvalue weighted by atomic mass is 16.6. The molecule has 5 heteroatoms. The minimum Gasteiger partial charge on any atom is -0.482 e. The molecule has 0 heterocycles. The lowest BCUT2D eigenvalue weighted by molar-refractivity contribution is -0.386. The van der Waals surface area contributed by atoms with Crippen molar-refractivity contribution in [3.8, 4) is 17.2 Å². The van der Waals surface area contributed by atoms with Crippen LogP contribution in [0.15, 0.2) is 72.8 Å². The fourth-order valence-corrected chi connectivity index (χ4v) is 2.91. The van der Waals surface area contributed by atoms with E-state index in [1.807, 2.05) is 54.6 Å². The first-order chi connectivity index (χ1) is 13.4. The molecule has 0 saturated carbocycles. The maximum absolute atomic E-state index is 11.8. The van der Waals surface area contributed by atoms with E-state index in [4.69, 9.17) is 9.47 Å². The smallest absolute Gasteiger partial charge is 0.352 e. The van der Waals surface area contributed by atoms with Crippen LogP contribution in [0.3, 0.4) is 0 Å². The Morgan fingerprint density at radius 2 is 1.43 bits per heavy atom. The molecule has 0 unspecified atom stereocenters. The zero-order chi connectivity index (χ0) is 20.1. The molecule has 0 aromatic heterocycles. The Bertz CT molecular complexity index is 962. The number of nitro groups is 1. The van der Waals surface area contributed by atoms with Crippen molar-refractivity contribution in [2.24, 2.45) is 0 Å². The second-order valence-electron chi connectivity index (χ2n) is 7.48. The minimum absolute atomic E-state index is 0.160. The molecule has 0 atom stereocenters. The predicted molar refractivity (Wildman–Crippen MR) is 109 cm³/mol. The van der Waals surface area contributed by atoms with Gasteiger partial charge in [0, 0.05) is 5.56 Å². The molecule has 0 bridgehead atoms. The van der Waals surface area contributed by atoms with Gasteiger partial charge in [0.15, 0.2) is 0 Å². The van der Waals surface area contributed by atoms with Gasteiger partial charge in [-0.15, -0.1) is 0 Å². The average molecular weight is 377 g/mol. The summed E-state index contributed by atoms with van der Waals surface area (Å²) in [4.78, 5) is 11.3. The van der Waals surface area contributed by atoms with Crippen LogP contribution in [0.2, 0.25) is 0 Å². The summed E-state index contributed by atoms with van der Waals surface area (Å²) in [7, 11) is 0. The molecule has 0 radical (unpaired) electrons. The second-order valence-corrected chi connectivity index (χ2v) is 7.48. The summed E-state index contributed by atoms with van der Waals surface area (Å²) in [6, 6.07) is 22.0. The molecule has 3 rings (SSSR count). The first kappa shape index (κ1) is 19.4. The first-order valence-corrected chi connectivity index (χ1v) is 9.08. The zero-order valence-corrected chi connectivity index (χ0v) is 16.2. The van der Waals surface area contributed by atoms with Gasteiger partial charge in [0.25, 0.3) is 0 Å². The maximum atomic E-state index is 11.8. The Labute approximate surface area is 164 Å². The van der Waals surface area contributed by atoms with E-state index in [0.717, 1.165) is 11.1 Å². The highest BCUT2D eigenvalue weighted by Crippen LogP contribution is 2.41. The van der Waals surface area contributed by atoms with Crippen molar-refractivity contribution in [3.63, 3.8) is 0 Å². The van der Waals surface area contributed by atoms with Gasteiger partial charge in [-0.3, -0.25) is 10.1 Å². The van der Waals surface area contributed by atoms with Crippen molar-refractivity contribution >= 4 is 5.69 Å². The topological polar surface area (TPSA) is 61.6 Å². The van der Waals surface area contributed by atoms with Crippen LogP contribution in [-0.4, -0.2) is 4.92 Å². The van der Waals surface area contributed by atoms with Gasteiger partial charge in [-0.1, -0.05) is 75.4 Å². The van der Waals surface area contributed by atoms with Crippen LogP contribution >= 0.6 is 0 Å². The number of benzene rings is 3. The molecule has 3 aromatic rings. The third-order valence-corrected chi connectivity index (χ3v) is 4.30. The zero-order valence-electron chi connectivity index (χ0n) is 16.2. The van der Waals surface area contributed by atoms with Crippen LogP contribution < -0.4 is 9.47 Å². The third-order valence-electron chi connectivity index (χ3n) is 4.30. The number of nitro benzene ring substituents is 1. The minimum atomic E-state index is -0.463. The lowest BCUT2D eigenvalue weighted by Crippen LogP contribution is -2.12. The van der Waals surface area contributed by atoms with Gasteiger partial charge < -0.3 is 9.47 Å². The first-order valence-electron chi connectivity index (χ1n) is 9.08. The molecule has 0 amide bonds. The Morgan fingerprint density at radius 3 is 2.11 bits per heavy atom. The fourth-order valence-electron chi connectivity index (χ4n) is 2.91. The van der Waals surface area contributed by atoms with Crippen molar-refractivity contribution in [2.45, 2.75) is 32.8 Å². The Morgan fingerprint density at radius 1 is 0.821 bits per heavy atom. The molecular weight excluding hydrogens is 354 g/mol. The molecule has 3 aromatic carbocycles. The second kappa shape index (κ2) is 8.13. The molecule has 28 heavy (non-hydrogen) atoms. The van der Waals surface area contributed by atoms with Crippen molar-refractivity contribution in [2.75, 3.05) is 0 Å². The summed E-state index contributed by atoms with van der Waals surface area (Å²) >= 11 is 0. The summed E-state index contributed by atoms with van der Waals surface area (Å²) in [6.45, 7) is 6.46. The number of hydrogen-bond donors (Lipinski definition) is 0. The molecule has 0 N–H and O–H groups in total. The molecule has 0 aliphatic rings. The normalized spacial score (nSPS) is 11.1. The van der Waals surface area contributed by atoms with Crippen LogP contribution in [0.1, 0.15) is 31.9 Å². The summed E-state index contributed by atoms with van der Waals surface area (Å²) in [5, 5.41) is 11.8. The largest absolute Gasteiger partial charge is 0.482 e. The van der Waals surface area contributed by atoms with Crippen molar-refractivity contribution < 1.29 is 14.4 Å². The quantitative estimate of drug-likeness (QED) is 0.375. The Kier molecular flexibility index (Phi) is 5.64. The van der Waals surface area contributed by atoms with E-state index in [1.165, 1.54) is 0 Å². The number of hydrogen-bond acceptors (Lipinski definition) is 4. The van der Waals surface area contributed by atoms with E-state index < -0.39 is 4.92 Å². The highest BCUT2D eigenvalue weighted by Gasteiger charge is 2.25. The number of ether oxygens (including phenoxy) is 2. The Hall–Kier alpha value is -3.34. The molecule has 0 aliphatic heterocycles. The van der Waals surface area contributed by atoms with Gasteiger partial charge in [-0.2, -0.15) is 0 Å². The SMILES string of the molecule is CC(C)(C)c1ccccc1Oc1cccc(OCc2ccccc2)c1[N+](=O)[O-]. The monoisotopic (exact) mass is 377 g/mol. The molecule has 0 aliphatic carbocycles. The van der Waals surface area contributed by atoms with Gasteiger partial charge in [0.05, 0.1) is 4.92 Å². The lowest BCUT2D eigenvalue weighted by Gasteiger charge is -2.22. The van der Waals surface area contributed by atoms with Gasteiger partial charge >= 0.3 is 5.69 Å². The number of rotatable bonds is 6. The maximum Gasteiger partial charge on any atom is 0.352 e. The van der Waals surface area contributed by atoms with E-state index in [2.05, 4.69) is 20.8 Å². The van der Waals surface area contributed by atoms with Crippen LogP contribution in [0.25, 0.3) is 0 Å². The summed E-state index contributed by atoms with van der Waals surface area (Å²) in [5.74, 6) is 0.935. The molecule has 0 fully saturated rings. The number of nitrogens with zero attached hydrogens (tertiary/aromatic N) is 1. The van der Waals surface area contributed by atoms with Gasteiger partial charge in [0.1, 0.15) is 12.4 Å². The standard InChI is InChI=1S/C23H23NO4/c1-23(2,3)18-12-7-8-13-19(18)28-21-15-9-14-20(22(21)24(25)26)27-16-17-10-5-4-6-11-17/h4-15H,16H2,1-3H3. The van der Waals surface area contributed by atoms with Crippen molar-refractivity contribution in [1.29, 1.82) is 0 Å². The van der Waals surface area contributed by atoms with Crippen LogP contribution in [0, 0.1) is 10.1 Å². The van der Waals surface area contributed by atoms with E-state index in [0.29, 0.717) is 5.75 Å². The van der Waals surface area contributed by atoms with Gasteiger partial charge in [-0.05, 0) is 29.2 Å². The van der Waals surface area contributed by atoms with E-state index >= 15 is 0 Å². The van der Waals surface area contributed by atoms with Gasteiger partial charge in [-0.25, -0.2) is 0 Å². The molecule has 0 spiro atoms. The van der Waals surface area contributed by atoms with E-state index in [1.54, 1.807) is 18.2 Å². The van der Waals surface area contributed by atoms with Gasteiger partial charge in [0.2, 0.25) is 11.5 Å². The van der Waals surface area contributed by atoms with Crippen molar-refractivity contribution in [3.05, 3.63) is 94.0 Å². The molecule has 5 nitrogen and oxygen atoms in total. The average Bonchev–Trinajstić information content (AvgIpc) is 2.66. The van der Waals surface area contributed by atoms with Crippen LogP contribution in [0.4, 0.5) is 5.69 Å². The highest BCUT2D eigenvalue weighted by molar-refractivity contribution is 5.59. The summed E-state index contributed by atoms with van der Waals surface area (Å²) in [6.07, 6.45) is 0. The van der Waals surface area contributed by atoms with Crippen LogP contribution in [-0.2, 0) is 12.0 Å². The number of para-hydroxylation sites is 2. The Balaban J connectivity index is 1.93. The van der Waals surface area contributed by atoms with E-state index in [9.17, 15) is 10.1 Å². The molecule has 144 valence electrons. The fraction of sp³-hybridized carbons (Fsp3) is 0.217. The molecular formula is C23H23NO4. The predicted octanol–water partition coefficient (Wildman–Crippen LogP) is 6.26. The summed E-state index contributed by atoms with van der Waals surface area (Å²) in [5.41, 5.74) is 1.57. The third kappa shape index (κ3) is 4.49. The molecule has 0 saturated heterocycles. The lowest BCUT2D eigenvalue weighted by atomic mass is 9.86.